The molecule has 0 saturated heterocycles. The fraction of sp³-hybridized carbons (Fsp3) is 0.200. The Morgan fingerprint density at radius 3 is 2.58 bits per heavy atom. The molecule has 0 unspecified atom stereocenters. The molecule has 6 nitrogen and oxygen atoms in total. The number of carbonyl (C=O) groups is 1. The third-order valence-electron chi connectivity index (χ3n) is 5.25. The van der Waals surface area contributed by atoms with Gasteiger partial charge in [-0.2, -0.15) is 0 Å². The van der Waals surface area contributed by atoms with Crippen LogP contribution in [0.2, 0.25) is 0 Å². The van der Waals surface area contributed by atoms with E-state index in [1.165, 1.54) is 0 Å². The fourth-order valence-corrected chi connectivity index (χ4v) is 3.72. The zero-order chi connectivity index (χ0) is 21.8. The van der Waals surface area contributed by atoms with Crippen molar-refractivity contribution in [1.82, 2.24) is 9.55 Å². The van der Waals surface area contributed by atoms with Crippen molar-refractivity contribution in [3.63, 3.8) is 0 Å². The largest absolute Gasteiger partial charge is 0.511 e. The molecule has 31 heavy (non-hydrogen) atoms. The van der Waals surface area contributed by atoms with Crippen LogP contribution in [0.4, 0.5) is 4.79 Å². The second kappa shape index (κ2) is 8.92. The first-order valence-corrected chi connectivity index (χ1v) is 10.3. The zero-order valence-electron chi connectivity index (χ0n) is 17.3. The summed E-state index contributed by atoms with van der Waals surface area (Å²) in [4.78, 5) is 15.7. The van der Waals surface area contributed by atoms with Gasteiger partial charge in [0.25, 0.3) is 0 Å². The molecular formula is C25H24N2O4. The van der Waals surface area contributed by atoms with E-state index in [9.17, 15) is 9.90 Å². The number of hydrogen-bond donors (Lipinski definition) is 2. The Kier molecular flexibility index (Phi) is 5.89. The number of para-hydroxylation sites is 1. The summed E-state index contributed by atoms with van der Waals surface area (Å²) in [5.41, 5.74) is 4.47. The number of aromatic hydroxyl groups is 1. The normalized spacial score (nSPS) is 11.0. The van der Waals surface area contributed by atoms with Gasteiger partial charge < -0.3 is 19.5 Å². The van der Waals surface area contributed by atoms with Crippen LogP contribution in [0.3, 0.4) is 0 Å². The molecule has 0 radical (unpaired) electrons. The molecule has 0 aliphatic carbocycles. The molecule has 0 bridgehead atoms. The summed E-state index contributed by atoms with van der Waals surface area (Å²) in [6.45, 7) is 2.79. The van der Waals surface area contributed by atoms with Crippen molar-refractivity contribution < 1.29 is 19.7 Å². The highest BCUT2D eigenvalue weighted by Gasteiger charge is 2.13. The van der Waals surface area contributed by atoms with Gasteiger partial charge in [0.15, 0.2) is 0 Å². The number of nitrogens with zero attached hydrogens (tertiary/aromatic N) is 2. The molecule has 0 fully saturated rings. The van der Waals surface area contributed by atoms with Gasteiger partial charge in [-0.25, -0.2) is 9.78 Å². The van der Waals surface area contributed by atoms with Gasteiger partial charge >= 0.3 is 6.16 Å². The molecule has 1 heterocycles. The van der Waals surface area contributed by atoms with E-state index in [-0.39, 0.29) is 5.75 Å². The number of phenolic OH excluding ortho intramolecular Hbond substituents is 1. The number of aryl methyl sites for hydroxylation is 1. The van der Waals surface area contributed by atoms with E-state index in [4.69, 9.17) is 14.8 Å². The highest BCUT2D eigenvalue weighted by atomic mass is 16.7. The van der Waals surface area contributed by atoms with E-state index < -0.39 is 6.16 Å². The number of rotatable bonds is 7. The molecule has 6 heteroatoms. The Hall–Kier alpha value is -3.80. The number of benzene rings is 3. The van der Waals surface area contributed by atoms with Crippen molar-refractivity contribution in [2.45, 2.75) is 32.7 Å². The molecule has 4 rings (SSSR count). The van der Waals surface area contributed by atoms with Gasteiger partial charge in [0, 0.05) is 24.6 Å². The van der Waals surface area contributed by atoms with Gasteiger partial charge in [0.05, 0.1) is 11.0 Å². The van der Waals surface area contributed by atoms with Crippen molar-refractivity contribution in [1.29, 1.82) is 0 Å². The Morgan fingerprint density at radius 1 is 1.06 bits per heavy atom. The van der Waals surface area contributed by atoms with Crippen LogP contribution in [0.5, 0.6) is 11.5 Å². The summed E-state index contributed by atoms with van der Waals surface area (Å²) in [7, 11) is 0. The minimum atomic E-state index is -1.33. The molecule has 158 valence electrons. The standard InChI is InChI=1S/C25H24N2O4/c1-2-3-8-24-26-21-14-13-19(28)15-22(21)27(24)16-17-9-11-18(12-10-17)20-6-4-5-7-23(20)31-25(29)30/h4-7,9-15,28H,2-3,8,16H2,1H3,(H,29,30). The molecular weight excluding hydrogens is 392 g/mol. The lowest BCUT2D eigenvalue weighted by Gasteiger charge is -2.11. The monoisotopic (exact) mass is 416 g/mol. The Labute approximate surface area is 180 Å². The van der Waals surface area contributed by atoms with Crippen LogP contribution in [0, 0.1) is 0 Å². The molecule has 0 amide bonds. The predicted octanol–water partition coefficient (Wildman–Crippen LogP) is 5.86. The highest BCUT2D eigenvalue weighted by molar-refractivity contribution is 5.78. The molecule has 3 aromatic carbocycles. The first-order valence-electron chi connectivity index (χ1n) is 10.3. The minimum Gasteiger partial charge on any atom is -0.508 e. The number of hydrogen-bond acceptors (Lipinski definition) is 4. The van der Waals surface area contributed by atoms with Crippen LogP contribution in [-0.2, 0) is 13.0 Å². The molecule has 2 N–H and O–H groups in total. The molecule has 0 aliphatic rings. The summed E-state index contributed by atoms with van der Waals surface area (Å²) in [6, 6.07) is 20.3. The van der Waals surface area contributed by atoms with E-state index in [1.807, 2.05) is 42.5 Å². The van der Waals surface area contributed by atoms with Gasteiger partial charge in [-0.1, -0.05) is 55.8 Å². The topological polar surface area (TPSA) is 84.6 Å². The van der Waals surface area contributed by atoms with Crippen molar-refractivity contribution >= 4 is 17.2 Å². The minimum absolute atomic E-state index is 0.223. The van der Waals surface area contributed by atoms with Gasteiger partial charge in [0.1, 0.15) is 17.3 Å². The number of ether oxygens (including phenoxy) is 1. The van der Waals surface area contributed by atoms with Gasteiger partial charge in [-0.05, 0) is 35.7 Å². The lowest BCUT2D eigenvalue weighted by Crippen LogP contribution is -2.05. The molecule has 4 aromatic rings. The highest BCUT2D eigenvalue weighted by Crippen LogP contribution is 2.30. The van der Waals surface area contributed by atoms with Gasteiger partial charge in [-0.15, -0.1) is 0 Å². The average Bonchev–Trinajstić information content (AvgIpc) is 3.09. The summed E-state index contributed by atoms with van der Waals surface area (Å²) in [6.07, 6.45) is 1.68. The van der Waals surface area contributed by atoms with Crippen molar-refractivity contribution in [2.75, 3.05) is 0 Å². The molecule has 0 aliphatic heterocycles. The van der Waals surface area contributed by atoms with Gasteiger partial charge in [-0.3, -0.25) is 0 Å². The van der Waals surface area contributed by atoms with E-state index >= 15 is 0 Å². The Bertz CT molecular complexity index is 1210. The second-order valence-electron chi connectivity index (χ2n) is 7.45. The number of fused-ring (bicyclic) bond motifs is 1. The van der Waals surface area contributed by atoms with Crippen molar-refractivity contribution in [2.24, 2.45) is 0 Å². The van der Waals surface area contributed by atoms with Crippen molar-refractivity contribution in [3.8, 4) is 22.6 Å². The first-order chi connectivity index (χ1) is 15.0. The lowest BCUT2D eigenvalue weighted by molar-refractivity contribution is 0.144. The zero-order valence-corrected chi connectivity index (χ0v) is 17.3. The Balaban J connectivity index is 1.65. The Morgan fingerprint density at radius 2 is 1.84 bits per heavy atom. The first kappa shape index (κ1) is 20.5. The lowest BCUT2D eigenvalue weighted by atomic mass is 10.0. The quantitative estimate of drug-likeness (QED) is 0.291. The predicted molar refractivity (Wildman–Crippen MR) is 120 cm³/mol. The van der Waals surface area contributed by atoms with Crippen LogP contribution in [0.25, 0.3) is 22.2 Å². The third kappa shape index (κ3) is 4.53. The van der Waals surface area contributed by atoms with Gasteiger partial charge in [0.2, 0.25) is 0 Å². The molecule has 0 spiro atoms. The number of imidazole rings is 1. The van der Waals surface area contributed by atoms with Crippen LogP contribution in [0.1, 0.15) is 31.2 Å². The van der Waals surface area contributed by atoms with E-state index in [0.717, 1.165) is 52.8 Å². The van der Waals surface area contributed by atoms with E-state index in [1.54, 1.807) is 24.3 Å². The SMILES string of the molecule is CCCCc1nc2ccc(O)cc2n1Cc1ccc(-c2ccccc2OC(=O)O)cc1. The fourth-order valence-electron chi connectivity index (χ4n) is 3.72. The summed E-state index contributed by atoms with van der Waals surface area (Å²) in [5.74, 6) is 1.54. The summed E-state index contributed by atoms with van der Waals surface area (Å²) >= 11 is 0. The average molecular weight is 416 g/mol. The number of aromatic nitrogens is 2. The van der Waals surface area contributed by atoms with Crippen LogP contribution in [-0.4, -0.2) is 25.9 Å². The van der Waals surface area contributed by atoms with Crippen LogP contribution < -0.4 is 4.74 Å². The van der Waals surface area contributed by atoms with Crippen LogP contribution in [0.15, 0.2) is 66.7 Å². The van der Waals surface area contributed by atoms with E-state index in [2.05, 4.69) is 11.5 Å². The second-order valence-corrected chi connectivity index (χ2v) is 7.45. The number of phenols is 1. The summed E-state index contributed by atoms with van der Waals surface area (Å²) < 4.78 is 7.06. The maximum Gasteiger partial charge on any atom is 0.511 e. The maximum absolute atomic E-state index is 11.0. The van der Waals surface area contributed by atoms with Crippen LogP contribution >= 0.6 is 0 Å². The molecule has 1 aromatic heterocycles. The number of unbranched alkanes of at least 4 members (excludes halogenated alkanes) is 1. The maximum atomic E-state index is 11.0. The molecule has 0 saturated carbocycles. The summed E-state index contributed by atoms with van der Waals surface area (Å²) in [5, 5.41) is 18.9. The molecule has 0 atom stereocenters. The van der Waals surface area contributed by atoms with Crippen molar-refractivity contribution in [3.05, 3.63) is 78.1 Å². The van der Waals surface area contributed by atoms with E-state index in [0.29, 0.717) is 12.3 Å². The third-order valence-corrected chi connectivity index (χ3v) is 5.25. The number of carboxylic acid groups (broad SMARTS) is 1. The smallest absolute Gasteiger partial charge is 0.508 e.